The Labute approximate surface area is 243 Å². The highest BCUT2D eigenvalue weighted by atomic mass is 16.3. The van der Waals surface area contributed by atoms with Gasteiger partial charge in [-0.2, -0.15) is 0 Å². The van der Waals surface area contributed by atoms with Crippen molar-refractivity contribution < 1.29 is 4.42 Å². The number of rotatable bonds is 4. The zero-order chi connectivity index (χ0) is 27.6. The molecule has 1 aliphatic carbocycles. The highest BCUT2D eigenvalue weighted by Crippen LogP contribution is 2.49. The number of nitrogens with one attached hydrogen (secondary N) is 1. The van der Waals surface area contributed by atoms with Gasteiger partial charge in [0.15, 0.2) is 0 Å². The Morgan fingerprint density at radius 2 is 1.02 bits per heavy atom. The third kappa shape index (κ3) is 3.39. The van der Waals surface area contributed by atoms with Gasteiger partial charge >= 0.3 is 0 Å². The summed E-state index contributed by atoms with van der Waals surface area (Å²) in [6.07, 6.45) is 0. The van der Waals surface area contributed by atoms with Gasteiger partial charge in [-0.1, -0.05) is 121 Å². The summed E-state index contributed by atoms with van der Waals surface area (Å²) in [5.74, 6) is 0. The summed E-state index contributed by atoms with van der Waals surface area (Å²) in [7, 11) is 0. The van der Waals surface area contributed by atoms with Gasteiger partial charge in [0, 0.05) is 33.3 Å². The standard InChI is InChI=1S/C40H25NO/c1-2-13-29-28(12-1)33-17-8-16-32-27(22-23-34(29)39(32)33)25-10-7-11-26(24-25)41-37-20-5-3-14-30(37)35-18-9-19-36-31-15-4-6-21-38(31)42-40(35)36/h1-24,41H. The summed E-state index contributed by atoms with van der Waals surface area (Å²) in [6.45, 7) is 0. The lowest BCUT2D eigenvalue weighted by Gasteiger charge is -2.15. The highest BCUT2D eigenvalue weighted by molar-refractivity contribution is 6.18. The molecule has 1 heterocycles. The van der Waals surface area contributed by atoms with Crippen molar-refractivity contribution in [3.05, 3.63) is 146 Å². The van der Waals surface area contributed by atoms with Gasteiger partial charge in [0.1, 0.15) is 11.2 Å². The minimum Gasteiger partial charge on any atom is -0.455 e. The van der Waals surface area contributed by atoms with E-state index in [-0.39, 0.29) is 0 Å². The van der Waals surface area contributed by atoms with E-state index in [1.54, 1.807) is 0 Å². The van der Waals surface area contributed by atoms with E-state index in [1.807, 2.05) is 12.1 Å². The van der Waals surface area contributed by atoms with Gasteiger partial charge in [-0.25, -0.2) is 0 Å². The summed E-state index contributed by atoms with van der Waals surface area (Å²) >= 11 is 0. The van der Waals surface area contributed by atoms with Crippen LogP contribution >= 0.6 is 0 Å². The van der Waals surface area contributed by atoms with E-state index >= 15 is 0 Å². The zero-order valence-corrected chi connectivity index (χ0v) is 22.8. The van der Waals surface area contributed by atoms with Gasteiger partial charge in [-0.15, -0.1) is 0 Å². The van der Waals surface area contributed by atoms with Crippen molar-refractivity contribution in [3.63, 3.8) is 0 Å². The highest BCUT2D eigenvalue weighted by Gasteiger charge is 2.22. The summed E-state index contributed by atoms with van der Waals surface area (Å²) in [5, 5.41) is 8.64. The third-order valence-electron chi connectivity index (χ3n) is 8.62. The van der Waals surface area contributed by atoms with E-state index < -0.39 is 0 Å². The van der Waals surface area contributed by atoms with E-state index in [0.29, 0.717) is 0 Å². The molecule has 1 aromatic heterocycles. The fourth-order valence-electron chi connectivity index (χ4n) is 6.77. The van der Waals surface area contributed by atoms with Crippen LogP contribution in [-0.4, -0.2) is 0 Å². The molecule has 1 N–H and O–H groups in total. The lowest BCUT2D eigenvalue weighted by Crippen LogP contribution is -1.94. The number of para-hydroxylation sites is 3. The van der Waals surface area contributed by atoms with Crippen molar-refractivity contribution in [2.45, 2.75) is 0 Å². The average molecular weight is 536 g/mol. The van der Waals surface area contributed by atoms with E-state index in [2.05, 4.69) is 139 Å². The summed E-state index contributed by atoms with van der Waals surface area (Å²) < 4.78 is 6.38. The van der Waals surface area contributed by atoms with E-state index in [1.165, 1.54) is 44.2 Å². The second-order valence-electron chi connectivity index (χ2n) is 11.0. The van der Waals surface area contributed by atoms with Crippen LogP contribution in [0.3, 0.4) is 0 Å². The molecule has 8 aromatic rings. The van der Waals surface area contributed by atoms with E-state index in [0.717, 1.165) is 44.4 Å². The van der Waals surface area contributed by atoms with Crippen LogP contribution in [-0.2, 0) is 0 Å². The topological polar surface area (TPSA) is 25.2 Å². The van der Waals surface area contributed by atoms with Crippen molar-refractivity contribution in [2.75, 3.05) is 5.32 Å². The number of fused-ring (bicyclic) bond motifs is 6. The van der Waals surface area contributed by atoms with E-state index in [4.69, 9.17) is 4.42 Å². The first-order valence-corrected chi connectivity index (χ1v) is 14.4. The SMILES string of the molecule is c1cc(Nc2ccccc2-c2cccc3c2oc2ccccc23)cc(-c2ccc3c4c(cccc24)-c2ccccc2-3)c1. The lowest BCUT2D eigenvalue weighted by molar-refractivity contribution is 0.670. The summed E-state index contributed by atoms with van der Waals surface area (Å²) in [4.78, 5) is 0. The Morgan fingerprint density at radius 3 is 1.90 bits per heavy atom. The predicted molar refractivity (Wildman–Crippen MR) is 176 cm³/mol. The fourth-order valence-corrected chi connectivity index (χ4v) is 6.77. The van der Waals surface area contributed by atoms with Gasteiger partial charge in [-0.3, -0.25) is 0 Å². The van der Waals surface area contributed by atoms with Gasteiger partial charge in [0.25, 0.3) is 0 Å². The second kappa shape index (κ2) is 8.95. The molecule has 0 unspecified atom stereocenters. The molecule has 0 radical (unpaired) electrons. The molecular formula is C40H25NO. The van der Waals surface area contributed by atoms with Crippen LogP contribution in [0.15, 0.2) is 150 Å². The largest absolute Gasteiger partial charge is 0.455 e. The third-order valence-corrected chi connectivity index (χ3v) is 8.62. The molecule has 0 atom stereocenters. The first-order chi connectivity index (χ1) is 20.8. The second-order valence-corrected chi connectivity index (χ2v) is 11.0. The molecule has 0 saturated heterocycles. The number of furan rings is 1. The molecule has 0 saturated carbocycles. The van der Waals surface area contributed by atoms with Gasteiger partial charge < -0.3 is 9.73 Å². The van der Waals surface area contributed by atoms with Gasteiger partial charge in [0.2, 0.25) is 0 Å². The Kier molecular flexibility index (Phi) is 4.93. The Hall–Kier alpha value is -5.60. The smallest absolute Gasteiger partial charge is 0.143 e. The first-order valence-electron chi connectivity index (χ1n) is 14.4. The lowest BCUT2D eigenvalue weighted by atomic mass is 9.94. The van der Waals surface area contributed by atoms with Crippen molar-refractivity contribution >= 4 is 44.1 Å². The van der Waals surface area contributed by atoms with Crippen LogP contribution in [0.1, 0.15) is 0 Å². The molecule has 1 aliphatic rings. The Morgan fingerprint density at radius 1 is 0.405 bits per heavy atom. The molecule has 9 rings (SSSR count). The molecule has 0 spiro atoms. The van der Waals surface area contributed by atoms with Crippen molar-refractivity contribution in [2.24, 2.45) is 0 Å². The Balaban J connectivity index is 1.14. The number of anilines is 2. The molecule has 196 valence electrons. The van der Waals surface area contributed by atoms with Crippen LogP contribution in [0.5, 0.6) is 0 Å². The normalized spacial score (nSPS) is 11.8. The van der Waals surface area contributed by atoms with Gasteiger partial charge in [-0.05, 0) is 68.4 Å². The van der Waals surface area contributed by atoms with Crippen LogP contribution in [0.4, 0.5) is 11.4 Å². The Bertz CT molecular complexity index is 2310. The number of hydrogen-bond donors (Lipinski definition) is 1. The minimum atomic E-state index is 0.909. The summed E-state index contributed by atoms with van der Waals surface area (Å²) in [6, 6.07) is 51.8. The van der Waals surface area contributed by atoms with Crippen LogP contribution < -0.4 is 5.32 Å². The van der Waals surface area contributed by atoms with Crippen LogP contribution in [0.25, 0.3) is 77.2 Å². The molecule has 2 nitrogen and oxygen atoms in total. The van der Waals surface area contributed by atoms with Crippen LogP contribution in [0, 0.1) is 0 Å². The maximum Gasteiger partial charge on any atom is 0.143 e. The van der Waals surface area contributed by atoms with E-state index in [9.17, 15) is 0 Å². The predicted octanol–water partition coefficient (Wildman–Crippen LogP) is 11.5. The molecule has 0 fully saturated rings. The first kappa shape index (κ1) is 23.1. The monoisotopic (exact) mass is 535 g/mol. The van der Waals surface area contributed by atoms with Crippen molar-refractivity contribution in [3.8, 4) is 44.5 Å². The molecular weight excluding hydrogens is 510 g/mol. The molecule has 0 aliphatic heterocycles. The van der Waals surface area contributed by atoms with Crippen molar-refractivity contribution in [1.29, 1.82) is 0 Å². The maximum absolute atomic E-state index is 6.38. The fraction of sp³-hybridized carbons (Fsp3) is 0. The van der Waals surface area contributed by atoms with Crippen molar-refractivity contribution in [1.82, 2.24) is 0 Å². The maximum atomic E-state index is 6.38. The molecule has 0 amide bonds. The number of benzene rings is 7. The molecule has 42 heavy (non-hydrogen) atoms. The average Bonchev–Trinajstić information content (AvgIpc) is 3.59. The molecule has 7 aromatic carbocycles. The van der Waals surface area contributed by atoms with Gasteiger partial charge in [0.05, 0.1) is 0 Å². The molecule has 0 bridgehead atoms. The summed E-state index contributed by atoms with van der Waals surface area (Å²) in [5.41, 5.74) is 13.8. The molecule has 2 heteroatoms. The van der Waals surface area contributed by atoms with Crippen LogP contribution in [0.2, 0.25) is 0 Å². The number of hydrogen-bond acceptors (Lipinski definition) is 2. The quantitative estimate of drug-likeness (QED) is 0.242. The zero-order valence-electron chi connectivity index (χ0n) is 22.8. The minimum absolute atomic E-state index is 0.909.